The number of benzene rings is 3. The van der Waals surface area contributed by atoms with Gasteiger partial charge >= 0.3 is 0 Å². The van der Waals surface area contributed by atoms with E-state index in [9.17, 15) is 18.0 Å². The van der Waals surface area contributed by atoms with E-state index in [-0.39, 0.29) is 21.7 Å². The maximum Gasteiger partial charge on any atom is 0.262 e. The zero-order chi connectivity index (χ0) is 23.7. The average Bonchev–Trinajstić information content (AvgIpc) is 2.84. The Morgan fingerprint density at radius 3 is 2.56 bits per heavy atom. The highest BCUT2D eigenvalue weighted by Crippen LogP contribution is 2.33. The molecule has 34 heavy (non-hydrogen) atoms. The highest BCUT2D eigenvalue weighted by Gasteiger charge is 2.22. The second-order valence-electron chi connectivity index (χ2n) is 7.52. The Bertz CT molecular complexity index is 1580. The molecule has 1 aromatic heterocycles. The Labute approximate surface area is 194 Å². The number of anilines is 2. The quantitative estimate of drug-likeness (QED) is 0.405. The van der Waals surface area contributed by atoms with E-state index in [1.807, 2.05) is 0 Å². The molecule has 172 valence electrons. The molecule has 0 fully saturated rings. The van der Waals surface area contributed by atoms with Crippen molar-refractivity contribution >= 4 is 38.1 Å². The molecule has 1 amide bonds. The number of para-hydroxylation sites is 1. The van der Waals surface area contributed by atoms with Crippen molar-refractivity contribution in [2.45, 2.75) is 4.90 Å². The number of aromatic nitrogens is 1. The van der Waals surface area contributed by atoms with Crippen LogP contribution in [0.25, 0.3) is 10.8 Å². The number of hydrogen-bond acceptors (Lipinski definition) is 6. The predicted molar refractivity (Wildman–Crippen MR) is 127 cm³/mol. The third kappa shape index (κ3) is 4.18. The molecule has 0 saturated carbocycles. The number of hydrogen-bond donors (Lipinski definition) is 3. The molecule has 0 atom stereocenters. The maximum absolute atomic E-state index is 13.0. The summed E-state index contributed by atoms with van der Waals surface area (Å²) >= 11 is 0. The molecule has 3 aromatic carbocycles. The summed E-state index contributed by atoms with van der Waals surface area (Å²) in [5.74, 6) is 0.276. The number of sulfonamides is 1. The number of amides is 1. The highest BCUT2D eigenvalue weighted by atomic mass is 32.2. The lowest BCUT2D eigenvalue weighted by molar-refractivity contribution is 0.102. The van der Waals surface area contributed by atoms with Crippen molar-refractivity contribution in [1.82, 2.24) is 4.98 Å². The van der Waals surface area contributed by atoms with Crippen LogP contribution < -0.4 is 25.1 Å². The van der Waals surface area contributed by atoms with Crippen LogP contribution in [0.15, 0.2) is 82.6 Å². The number of nitrogens with one attached hydrogen (secondary N) is 3. The molecule has 1 aliphatic rings. The van der Waals surface area contributed by atoms with Gasteiger partial charge in [0.15, 0.2) is 11.5 Å². The summed E-state index contributed by atoms with van der Waals surface area (Å²) in [5, 5.41) is 3.88. The number of carbonyl (C=O) groups is 1. The zero-order valence-electron chi connectivity index (χ0n) is 17.7. The van der Waals surface area contributed by atoms with Gasteiger partial charge in [0.05, 0.1) is 16.1 Å². The van der Waals surface area contributed by atoms with Crippen molar-refractivity contribution in [3.8, 4) is 11.5 Å². The van der Waals surface area contributed by atoms with Gasteiger partial charge in [0, 0.05) is 23.3 Å². The fourth-order valence-electron chi connectivity index (χ4n) is 3.62. The minimum Gasteiger partial charge on any atom is -0.486 e. The molecule has 0 aliphatic carbocycles. The van der Waals surface area contributed by atoms with Crippen LogP contribution in [-0.4, -0.2) is 32.5 Å². The Morgan fingerprint density at radius 2 is 1.71 bits per heavy atom. The highest BCUT2D eigenvalue weighted by molar-refractivity contribution is 7.92. The van der Waals surface area contributed by atoms with Gasteiger partial charge in [-0.3, -0.25) is 14.3 Å². The molecule has 0 bridgehead atoms. The molecule has 1 aliphatic heterocycles. The van der Waals surface area contributed by atoms with Crippen molar-refractivity contribution in [3.63, 3.8) is 0 Å². The third-order valence-corrected chi connectivity index (χ3v) is 6.64. The first kappa shape index (κ1) is 21.5. The van der Waals surface area contributed by atoms with E-state index in [0.717, 1.165) is 5.39 Å². The summed E-state index contributed by atoms with van der Waals surface area (Å²) in [6.07, 6.45) is 1.55. The lowest BCUT2D eigenvalue weighted by Crippen LogP contribution is -2.19. The summed E-state index contributed by atoms with van der Waals surface area (Å²) < 4.78 is 39.4. The van der Waals surface area contributed by atoms with Crippen molar-refractivity contribution in [2.24, 2.45) is 0 Å². The molecular weight excluding hydrogens is 458 g/mol. The molecule has 0 radical (unpaired) electrons. The number of fused-ring (bicyclic) bond motifs is 2. The smallest absolute Gasteiger partial charge is 0.262 e. The van der Waals surface area contributed by atoms with Crippen LogP contribution in [-0.2, 0) is 10.0 Å². The van der Waals surface area contributed by atoms with Crippen molar-refractivity contribution in [2.75, 3.05) is 23.3 Å². The van der Waals surface area contributed by atoms with Crippen molar-refractivity contribution in [3.05, 3.63) is 88.8 Å². The Hall–Kier alpha value is -4.31. The van der Waals surface area contributed by atoms with E-state index in [0.29, 0.717) is 35.8 Å². The van der Waals surface area contributed by atoms with E-state index in [1.165, 1.54) is 30.3 Å². The standard InChI is InChI=1S/C24H19N3O6S/c28-23-19-13-16(6-5-15(19)9-10-25-23)26-24(29)18-3-1-2-4-20(18)27-34(30,31)17-7-8-21-22(14-17)33-12-11-32-21/h1-10,13-14,27H,11-12H2,(H,25,28)(H,26,29). The molecule has 3 N–H and O–H groups in total. The van der Waals surface area contributed by atoms with Crippen LogP contribution in [0.1, 0.15) is 10.4 Å². The minimum atomic E-state index is -4.02. The molecule has 5 rings (SSSR count). The van der Waals surface area contributed by atoms with Gasteiger partial charge in [-0.1, -0.05) is 18.2 Å². The van der Waals surface area contributed by atoms with Crippen LogP contribution in [0.3, 0.4) is 0 Å². The van der Waals surface area contributed by atoms with E-state index in [1.54, 1.807) is 42.6 Å². The summed E-state index contributed by atoms with van der Waals surface area (Å²) in [5.41, 5.74) is 0.346. The topological polar surface area (TPSA) is 127 Å². The first-order chi connectivity index (χ1) is 16.4. The lowest BCUT2D eigenvalue weighted by Gasteiger charge is -2.19. The monoisotopic (exact) mass is 477 g/mol. The molecule has 2 heterocycles. The van der Waals surface area contributed by atoms with Gasteiger partial charge in [-0.15, -0.1) is 0 Å². The fourth-order valence-corrected chi connectivity index (χ4v) is 4.72. The Kier molecular flexibility index (Phi) is 5.42. The summed E-state index contributed by atoms with van der Waals surface area (Å²) in [6.45, 7) is 0.721. The van der Waals surface area contributed by atoms with E-state index >= 15 is 0 Å². The number of H-pyrrole nitrogens is 1. The lowest BCUT2D eigenvalue weighted by atomic mass is 10.1. The Morgan fingerprint density at radius 1 is 0.912 bits per heavy atom. The first-order valence-electron chi connectivity index (χ1n) is 10.3. The van der Waals surface area contributed by atoms with Crippen LogP contribution >= 0.6 is 0 Å². The average molecular weight is 477 g/mol. The molecule has 0 unspecified atom stereocenters. The van der Waals surface area contributed by atoms with Gasteiger partial charge in [-0.05, 0) is 47.9 Å². The second-order valence-corrected chi connectivity index (χ2v) is 9.20. The summed E-state index contributed by atoms with van der Waals surface area (Å²) in [4.78, 5) is 27.6. The van der Waals surface area contributed by atoms with Crippen LogP contribution in [0.5, 0.6) is 11.5 Å². The summed E-state index contributed by atoms with van der Waals surface area (Å²) in [6, 6.07) is 17.3. The van der Waals surface area contributed by atoms with Crippen LogP contribution in [0.2, 0.25) is 0 Å². The normalized spacial score (nSPS) is 12.8. The molecule has 0 saturated heterocycles. The minimum absolute atomic E-state index is 0.0271. The maximum atomic E-state index is 13.0. The number of carbonyl (C=O) groups excluding carboxylic acids is 1. The zero-order valence-corrected chi connectivity index (χ0v) is 18.5. The number of pyridine rings is 1. The predicted octanol–water partition coefficient (Wildman–Crippen LogP) is 3.35. The van der Waals surface area contributed by atoms with E-state index < -0.39 is 15.9 Å². The third-order valence-electron chi connectivity index (χ3n) is 5.27. The summed E-state index contributed by atoms with van der Waals surface area (Å²) in [7, 11) is -4.02. The van der Waals surface area contributed by atoms with Gasteiger partial charge in [-0.25, -0.2) is 8.42 Å². The molecule has 4 aromatic rings. The number of rotatable bonds is 5. The van der Waals surface area contributed by atoms with Gasteiger partial charge in [-0.2, -0.15) is 0 Å². The molecule has 10 heteroatoms. The largest absolute Gasteiger partial charge is 0.486 e. The molecule has 9 nitrogen and oxygen atoms in total. The van der Waals surface area contributed by atoms with Crippen LogP contribution in [0, 0.1) is 0 Å². The molecular formula is C24H19N3O6S. The van der Waals surface area contributed by atoms with Gasteiger partial charge in [0.2, 0.25) is 0 Å². The van der Waals surface area contributed by atoms with Crippen molar-refractivity contribution in [1.29, 1.82) is 0 Å². The van der Waals surface area contributed by atoms with Gasteiger partial charge in [0.1, 0.15) is 13.2 Å². The van der Waals surface area contributed by atoms with Crippen LogP contribution in [0.4, 0.5) is 11.4 Å². The molecule has 0 spiro atoms. The fraction of sp³-hybridized carbons (Fsp3) is 0.0833. The first-order valence-corrected chi connectivity index (χ1v) is 11.8. The number of ether oxygens (including phenoxy) is 2. The number of aromatic amines is 1. The van der Waals surface area contributed by atoms with Gasteiger partial charge in [0.25, 0.3) is 21.5 Å². The van der Waals surface area contributed by atoms with Gasteiger partial charge < -0.3 is 19.8 Å². The second kappa shape index (κ2) is 8.56. The SMILES string of the molecule is O=C(Nc1ccc2cc[nH]c(=O)c2c1)c1ccccc1NS(=O)(=O)c1ccc2c(c1)OCCO2. The van der Waals surface area contributed by atoms with Crippen molar-refractivity contribution < 1.29 is 22.7 Å². The van der Waals surface area contributed by atoms with E-state index in [4.69, 9.17) is 9.47 Å². The Balaban J connectivity index is 1.42. The van der Waals surface area contributed by atoms with E-state index in [2.05, 4.69) is 15.0 Å².